The van der Waals surface area contributed by atoms with Crippen LogP contribution in [0.2, 0.25) is 0 Å². The molecule has 3 aromatic rings. The van der Waals surface area contributed by atoms with Gasteiger partial charge in [0.2, 0.25) is 0 Å². The normalized spacial score (nSPS) is 14.4. The Morgan fingerprint density at radius 2 is 1.84 bits per heavy atom. The maximum Gasteiger partial charge on any atom is 0.138 e. The minimum Gasteiger partial charge on any atom is -0.351 e. The highest BCUT2D eigenvalue weighted by Gasteiger charge is 2.22. The zero-order valence-corrected chi connectivity index (χ0v) is 15.7. The van der Waals surface area contributed by atoms with Crippen LogP contribution in [0.5, 0.6) is 0 Å². The van der Waals surface area contributed by atoms with Gasteiger partial charge in [-0.1, -0.05) is 38.1 Å². The maximum atomic E-state index is 4.81. The van der Waals surface area contributed by atoms with Gasteiger partial charge >= 0.3 is 0 Å². The number of aryl methyl sites for hydroxylation is 1. The molecule has 3 heteroatoms. The number of anilines is 1. The molecule has 25 heavy (non-hydrogen) atoms. The number of benzene rings is 1. The van der Waals surface area contributed by atoms with E-state index in [1.807, 2.05) is 6.20 Å². The van der Waals surface area contributed by atoms with Crippen molar-refractivity contribution >= 4 is 16.7 Å². The van der Waals surface area contributed by atoms with E-state index in [9.17, 15) is 0 Å². The van der Waals surface area contributed by atoms with Crippen LogP contribution in [-0.4, -0.2) is 16.1 Å². The van der Waals surface area contributed by atoms with E-state index < -0.39 is 0 Å². The van der Waals surface area contributed by atoms with Crippen molar-refractivity contribution in [3.8, 4) is 0 Å². The van der Waals surface area contributed by atoms with Gasteiger partial charge in [-0.3, -0.25) is 0 Å². The number of aromatic nitrogens is 2. The lowest BCUT2D eigenvalue weighted by Crippen LogP contribution is -2.31. The minimum absolute atomic E-state index is 0.632. The van der Waals surface area contributed by atoms with Gasteiger partial charge in [0.05, 0.1) is 5.52 Å². The predicted molar refractivity (Wildman–Crippen MR) is 105 cm³/mol. The SMILES string of the molecule is Cc1c(C)n(CC(C)C)c2ccnc(N3CCc4ccccc4C3)c12. The lowest BCUT2D eigenvalue weighted by molar-refractivity contribution is 0.527. The fourth-order valence-electron chi connectivity index (χ4n) is 4.11. The van der Waals surface area contributed by atoms with Crippen LogP contribution in [0.1, 0.15) is 36.2 Å². The lowest BCUT2D eigenvalue weighted by Gasteiger charge is -2.30. The number of pyridine rings is 1. The van der Waals surface area contributed by atoms with Crippen molar-refractivity contribution in [1.82, 2.24) is 9.55 Å². The first-order chi connectivity index (χ1) is 12.1. The molecule has 1 aromatic carbocycles. The number of nitrogens with zero attached hydrogens (tertiary/aromatic N) is 3. The quantitative estimate of drug-likeness (QED) is 0.682. The van der Waals surface area contributed by atoms with Crippen molar-refractivity contribution in [2.45, 2.75) is 47.2 Å². The van der Waals surface area contributed by atoms with Crippen molar-refractivity contribution in [1.29, 1.82) is 0 Å². The van der Waals surface area contributed by atoms with E-state index >= 15 is 0 Å². The molecule has 0 aliphatic carbocycles. The fourth-order valence-corrected chi connectivity index (χ4v) is 4.11. The summed E-state index contributed by atoms with van der Waals surface area (Å²) in [5.74, 6) is 1.78. The molecule has 130 valence electrons. The highest BCUT2D eigenvalue weighted by atomic mass is 15.2. The van der Waals surface area contributed by atoms with Gasteiger partial charge in [-0.15, -0.1) is 0 Å². The predicted octanol–water partition coefficient (Wildman–Crippen LogP) is 4.87. The number of rotatable bonds is 3. The first-order valence-electron chi connectivity index (χ1n) is 9.32. The molecule has 2 aromatic heterocycles. The Labute approximate surface area is 150 Å². The monoisotopic (exact) mass is 333 g/mol. The molecular weight excluding hydrogens is 306 g/mol. The summed E-state index contributed by atoms with van der Waals surface area (Å²) in [5.41, 5.74) is 6.99. The topological polar surface area (TPSA) is 21.1 Å². The summed E-state index contributed by atoms with van der Waals surface area (Å²) in [6.07, 6.45) is 3.08. The standard InChI is InChI=1S/C22H27N3/c1-15(2)13-25-17(4)16(3)21-20(25)9-11-23-22(21)24-12-10-18-7-5-6-8-19(18)14-24/h5-9,11,15H,10,12-14H2,1-4H3. The molecule has 3 nitrogen and oxygen atoms in total. The third kappa shape index (κ3) is 2.72. The van der Waals surface area contributed by atoms with Crippen molar-refractivity contribution in [3.63, 3.8) is 0 Å². The van der Waals surface area contributed by atoms with Crippen LogP contribution < -0.4 is 4.90 Å². The molecular formula is C22H27N3. The minimum atomic E-state index is 0.632. The zero-order chi connectivity index (χ0) is 17.6. The second-order valence-electron chi connectivity index (χ2n) is 7.68. The second-order valence-corrected chi connectivity index (χ2v) is 7.68. The third-order valence-electron chi connectivity index (χ3n) is 5.50. The highest BCUT2D eigenvalue weighted by molar-refractivity contribution is 5.94. The van der Waals surface area contributed by atoms with Crippen molar-refractivity contribution in [2.75, 3.05) is 11.4 Å². The third-order valence-corrected chi connectivity index (χ3v) is 5.50. The Morgan fingerprint density at radius 3 is 2.60 bits per heavy atom. The summed E-state index contributed by atoms with van der Waals surface area (Å²) < 4.78 is 2.47. The van der Waals surface area contributed by atoms with Gasteiger partial charge in [0.25, 0.3) is 0 Å². The van der Waals surface area contributed by atoms with Gasteiger partial charge in [-0.2, -0.15) is 0 Å². The average Bonchev–Trinajstić information content (AvgIpc) is 2.86. The summed E-state index contributed by atoms with van der Waals surface area (Å²) in [6, 6.07) is 11.0. The first kappa shape index (κ1) is 16.2. The van der Waals surface area contributed by atoms with Gasteiger partial charge in [0.15, 0.2) is 0 Å². The molecule has 1 aliphatic rings. The van der Waals surface area contributed by atoms with Crippen molar-refractivity contribution in [3.05, 3.63) is 58.9 Å². The second kappa shape index (κ2) is 6.21. The van der Waals surface area contributed by atoms with Crippen LogP contribution in [0.4, 0.5) is 5.82 Å². The molecule has 0 saturated carbocycles. The molecule has 0 spiro atoms. The zero-order valence-electron chi connectivity index (χ0n) is 15.7. The van der Waals surface area contributed by atoms with Crippen LogP contribution in [0.15, 0.2) is 36.5 Å². The van der Waals surface area contributed by atoms with E-state index in [1.54, 1.807) is 0 Å². The van der Waals surface area contributed by atoms with Crippen LogP contribution >= 0.6 is 0 Å². The van der Waals surface area contributed by atoms with Crippen LogP contribution in [0.3, 0.4) is 0 Å². The Balaban J connectivity index is 1.81. The Morgan fingerprint density at radius 1 is 1.08 bits per heavy atom. The van der Waals surface area contributed by atoms with E-state index in [0.717, 1.165) is 31.9 Å². The maximum absolute atomic E-state index is 4.81. The molecule has 0 bridgehead atoms. The molecule has 0 N–H and O–H groups in total. The molecule has 3 heterocycles. The molecule has 0 radical (unpaired) electrons. The Bertz CT molecular complexity index is 920. The van der Waals surface area contributed by atoms with Gasteiger partial charge in [-0.05, 0) is 48.9 Å². The number of fused-ring (bicyclic) bond motifs is 2. The van der Waals surface area contributed by atoms with E-state index in [1.165, 1.54) is 33.3 Å². The largest absolute Gasteiger partial charge is 0.351 e. The molecule has 0 atom stereocenters. The summed E-state index contributed by atoms with van der Waals surface area (Å²) >= 11 is 0. The van der Waals surface area contributed by atoms with Gasteiger partial charge in [-0.25, -0.2) is 4.98 Å². The molecule has 0 unspecified atom stereocenters. The smallest absolute Gasteiger partial charge is 0.138 e. The van der Waals surface area contributed by atoms with Crippen LogP contribution in [0, 0.1) is 19.8 Å². The molecule has 0 fully saturated rings. The number of hydrogen-bond acceptors (Lipinski definition) is 2. The van der Waals surface area contributed by atoms with E-state index in [0.29, 0.717) is 5.92 Å². The van der Waals surface area contributed by atoms with E-state index in [2.05, 4.69) is 67.5 Å². The molecule has 0 saturated heterocycles. The fraction of sp³-hybridized carbons (Fsp3) is 0.409. The first-order valence-corrected chi connectivity index (χ1v) is 9.32. The van der Waals surface area contributed by atoms with Crippen LogP contribution in [0.25, 0.3) is 10.9 Å². The summed E-state index contributed by atoms with van der Waals surface area (Å²) in [6.45, 7) is 12.1. The van der Waals surface area contributed by atoms with Gasteiger partial charge in [0, 0.05) is 36.9 Å². The van der Waals surface area contributed by atoms with E-state index in [-0.39, 0.29) is 0 Å². The number of hydrogen-bond donors (Lipinski definition) is 0. The average molecular weight is 333 g/mol. The molecule has 1 aliphatic heterocycles. The summed E-state index contributed by atoms with van der Waals surface area (Å²) in [4.78, 5) is 7.27. The van der Waals surface area contributed by atoms with Crippen molar-refractivity contribution in [2.24, 2.45) is 5.92 Å². The molecule has 4 rings (SSSR count). The summed E-state index contributed by atoms with van der Waals surface area (Å²) in [5, 5.41) is 1.33. The summed E-state index contributed by atoms with van der Waals surface area (Å²) in [7, 11) is 0. The van der Waals surface area contributed by atoms with Crippen LogP contribution in [-0.2, 0) is 19.5 Å². The molecule has 0 amide bonds. The van der Waals surface area contributed by atoms with Crippen molar-refractivity contribution < 1.29 is 0 Å². The lowest BCUT2D eigenvalue weighted by atomic mass is 9.99. The highest BCUT2D eigenvalue weighted by Crippen LogP contribution is 2.34. The Hall–Kier alpha value is -2.29. The van der Waals surface area contributed by atoms with Gasteiger partial charge in [0.1, 0.15) is 5.82 Å². The van der Waals surface area contributed by atoms with Gasteiger partial charge < -0.3 is 9.47 Å². The van der Waals surface area contributed by atoms with E-state index in [4.69, 9.17) is 4.98 Å². The Kier molecular flexibility index (Phi) is 4.03.